The molecule has 4 saturated carbocycles. The number of aliphatic hydroxyl groups excluding tert-OH is 1. The number of carbonyl (C=O) groups excluding carboxylic acids is 1. The van der Waals surface area contributed by atoms with E-state index in [9.17, 15) is 23.1 Å². The second kappa shape index (κ2) is 7.35. The minimum absolute atomic E-state index is 0.0461. The lowest BCUT2D eigenvalue weighted by molar-refractivity contribution is -0.326. The number of benzene rings is 1. The van der Waals surface area contributed by atoms with Gasteiger partial charge in [0.05, 0.1) is 24.4 Å². The summed E-state index contributed by atoms with van der Waals surface area (Å²) >= 11 is 5.98. The quantitative estimate of drug-likeness (QED) is 0.634. The number of halogens is 4. The predicted octanol–water partition coefficient (Wildman–Crippen LogP) is 3.81. The molecule has 0 radical (unpaired) electrons. The van der Waals surface area contributed by atoms with Gasteiger partial charge in [0.25, 0.3) is 5.91 Å². The number of carbonyl (C=O) groups is 1. The highest BCUT2D eigenvalue weighted by atomic mass is 35.5. The van der Waals surface area contributed by atoms with E-state index in [0.717, 1.165) is 24.8 Å². The monoisotopic (exact) mass is 497 g/mol. The number of aliphatic hydroxyl groups is 1. The molecule has 4 aliphatic carbocycles. The summed E-state index contributed by atoms with van der Waals surface area (Å²) in [6.07, 6.45) is 0.472. The van der Waals surface area contributed by atoms with E-state index in [1.807, 2.05) is 10.9 Å². The zero-order valence-electron chi connectivity index (χ0n) is 18.0. The van der Waals surface area contributed by atoms with Gasteiger partial charge < -0.3 is 15.2 Å². The number of alkyl halides is 3. The third kappa shape index (κ3) is 3.76. The summed E-state index contributed by atoms with van der Waals surface area (Å²) < 4.78 is 48.4. The van der Waals surface area contributed by atoms with Crippen LogP contribution in [0, 0.1) is 5.92 Å². The number of hydrogen-bond donors (Lipinski definition) is 2. The third-order valence-corrected chi connectivity index (χ3v) is 7.86. The Kier molecular flexibility index (Phi) is 4.80. The molecule has 7 rings (SSSR count). The van der Waals surface area contributed by atoms with Crippen molar-refractivity contribution in [1.29, 1.82) is 0 Å². The molecule has 0 spiro atoms. The van der Waals surface area contributed by atoms with E-state index < -0.39 is 18.6 Å². The van der Waals surface area contributed by atoms with E-state index in [4.69, 9.17) is 16.3 Å². The lowest BCUT2D eigenvalue weighted by Crippen LogP contribution is -2.79. The second-order valence-electron chi connectivity index (χ2n) is 10.1. The lowest BCUT2D eigenvalue weighted by atomic mass is 9.44. The molecule has 7 nitrogen and oxygen atoms in total. The van der Waals surface area contributed by atoms with Crippen molar-refractivity contribution in [2.45, 2.75) is 67.7 Å². The fourth-order valence-corrected chi connectivity index (χ4v) is 6.04. The molecule has 2 heterocycles. The summed E-state index contributed by atoms with van der Waals surface area (Å²) in [5, 5.41) is 18.5. The van der Waals surface area contributed by atoms with E-state index in [1.165, 1.54) is 0 Å². The molecule has 2 bridgehead atoms. The van der Waals surface area contributed by atoms with Gasteiger partial charge in [-0.2, -0.15) is 5.10 Å². The van der Waals surface area contributed by atoms with Crippen LogP contribution in [0.5, 0.6) is 5.75 Å². The third-order valence-electron chi connectivity index (χ3n) is 7.62. The molecular formula is C23H23ClF3N3O4. The van der Waals surface area contributed by atoms with Gasteiger partial charge in [-0.25, -0.2) is 0 Å². The van der Waals surface area contributed by atoms with Gasteiger partial charge in [0.1, 0.15) is 5.75 Å². The van der Waals surface area contributed by atoms with Crippen LogP contribution < -0.4 is 10.1 Å². The molecule has 11 heteroatoms. The van der Waals surface area contributed by atoms with Gasteiger partial charge in [-0.1, -0.05) is 11.6 Å². The van der Waals surface area contributed by atoms with Crippen LogP contribution in [0.1, 0.15) is 55.3 Å². The Morgan fingerprint density at radius 1 is 1.32 bits per heavy atom. The highest BCUT2D eigenvalue weighted by Crippen LogP contribution is 2.65. The average molecular weight is 498 g/mol. The van der Waals surface area contributed by atoms with Gasteiger partial charge in [0.2, 0.25) is 0 Å². The van der Waals surface area contributed by atoms with Crippen molar-refractivity contribution in [2.75, 3.05) is 6.61 Å². The SMILES string of the molecule is O=C(NC12CC(n3cc([C@@H]4C[C@H]4COC(F)(F)F)cn3)(C1)C2)[C@H]1C[C@@H](O)c2cc(Cl)ccc2O1. The van der Waals surface area contributed by atoms with Gasteiger partial charge in [0, 0.05) is 28.7 Å². The molecule has 5 aliphatic rings. The Hall–Kier alpha value is -2.30. The zero-order chi connectivity index (χ0) is 23.9. The molecule has 0 unspecified atom stereocenters. The van der Waals surface area contributed by atoms with E-state index in [2.05, 4.69) is 15.2 Å². The summed E-state index contributed by atoms with van der Waals surface area (Å²) in [7, 11) is 0. The average Bonchev–Trinajstić information content (AvgIpc) is 3.34. The van der Waals surface area contributed by atoms with Crippen LogP contribution >= 0.6 is 11.6 Å². The van der Waals surface area contributed by atoms with Crippen LogP contribution in [0.15, 0.2) is 30.6 Å². The summed E-state index contributed by atoms with van der Waals surface area (Å²) in [6, 6.07) is 4.96. The zero-order valence-corrected chi connectivity index (χ0v) is 18.8. The van der Waals surface area contributed by atoms with Crippen LogP contribution in [0.3, 0.4) is 0 Å². The largest absolute Gasteiger partial charge is 0.522 e. The van der Waals surface area contributed by atoms with E-state index in [0.29, 0.717) is 22.8 Å². The first-order valence-electron chi connectivity index (χ1n) is 11.3. The van der Waals surface area contributed by atoms with Crippen molar-refractivity contribution < 1.29 is 32.5 Å². The molecule has 1 amide bonds. The summed E-state index contributed by atoms with van der Waals surface area (Å²) in [5.74, 6) is 0.120. The number of aromatic nitrogens is 2. The molecule has 34 heavy (non-hydrogen) atoms. The first kappa shape index (κ1) is 22.2. The molecule has 182 valence electrons. The maximum atomic E-state index is 12.9. The number of nitrogens with zero attached hydrogens (tertiary/aromatic N) is 2. The summed E-state index contributed by atoms with van der Waals surface area (Å²) in [6.45, 7) is -0.324. The summed E-state index contributed by atoms with van der Waals surface area (Å²) in [4.78, 5) is 12.9. The van der Waals surface area contributed by atoms with Crippen molar-refractivity contribution in [1.82, 2.24) is 15.1 Å². The molecule has 2 aromatic rings. The predicted molar refractivity (Wildman–Crippen MR) is 113 cm³/mol. The maximum Gasteiger partial charge on any atom is 0.522 e. The smallest absolute Gasteiger partial charge is 0.480 e. The number of nitrogens with one attached hydrogen (secondary N) is 1. The number of amides is 1. The first-order valence-corrected chi connectivity index (χ1v) is 11.6. The van der Waals surface area contributed by atoms with E-state index >= 15 is 0 Å². The molecule has 0 saturated heterocycles. The van der Waals surface area contributed by atoms with Crippen LogP contribution in [0.25, 0.3) is 0 Å². The van der Waals surface area contributed by atoms with Gasteiger partial charge in [0.15, 0.2) is 6.10 Å². The Morgan fingerprint density at radius 2 is 2.09 bits per heavy atom. The van der Waals surface area contributed by atoms with Gasteiger partial charge >= 0.3 is 6.36 Å². The number of hydrogen-bond acceptors (Lipinski definition) is 5. The molecule has 4 atom stereocenters. The fraction of sp³-hybridized carbons (Fsp3) is 0.565. The van der Waals surface area contributed by atoms with Crippen LogP contribution in [0.2, 0.25) is 5.02 Å². The standard InChI is InChI=1S/C23H23ClF3N3O4/c24-14-1-2-18-16(4-14)17(31)5-19(34-18)20(32)29-21-9-22(10-21,11-21)30-7-13(6-28-30)15-3-12(15)8-33-23(25,26)27/h1-2,4,6-7,12,15,17,19,31H,3,5,8-11H2,(H,29,32)/t12-,15+,17+,19+,21?,22?/m0/s1. The Morgan fingerprint density at radius 3 is 2.82 bits per heavy atom. The van der Waals surface area contributed by atoms with E-state index in [1.54, 1.807) is 24.4 Å². The van der Waals surface area contributed by atoms with Crippen LogP contribution in [-0.2, 0) is 15.1 Å². The van der Waals surface area contributed by atoms with Crippen molar-refractivity contribution in [3.8, 4) is 5.75 Å². The normalized spacial score (nSPS) is 35.4. The second-order valence-corrected chi connectivity index (χ2v) is 10.6. The number of ether oxygens (including phenoxy) is 2. The summed E-state index contributed by atoms with van der Waals surface area (Å²) in [5.41, 5.74) is 1.05. The van der Waals surface area contributed by atoms with Crippen molar-refractivity contribution in [3.05, 3.63) is 46.7 Å². The van der Waals surface area contributed by atoms with Crippen molar-refractivity contribution in [2.24, 2.45) is 5.92 Å². The molecule has 1 aliphatic heterocycles. The molecular weight excluding hydrogens is 475 g/mol. The van der Waals surface area contributed by atoms with Crippen LogP contribution in [-0.4, -0.2) is 45.4 Å². The van der Waals surface area contributed by atoms with Gasteiger partial charge in [-0.15, -0.1) is 13.2 Å². The molecule has 4 fully saturated rings. The number of fused-ring (bicyclic) bond motifs is 1. The molecule has 1 aromatic heterocycles. The molecule has 1 aromatic carbocycles. The minimum atomic E-state index is -4.60. The van der Waals surface area contributed by atoms with E-state index in [-0.39, 0.29) is 41.8 Å². The Bertz CT molecular complexity index is 1130. The van der Waals surface area contributed by atoms with Crippen molar-refractivity contribution >= 4 is 17.5 Å². The highest BCUT2D eigenvalue weighted by molar-refractivity contribution is 6.30. The first-order chi connectivity index (χ1) is 16.0. The Balaban J connectivity index is 1.03. The van der Waals surface area contributed by atoms with Crippen molar-refractivity contribution in [3.63, 3.8) is 0 Å². The molecule has 2 N–H and O–H groups in total. The number of rotatable bonds is 6. The van der Waals surface area contributed by atoms with Crippen LogP contribution in [0.4, 0.5) is 13.2 Å². The minimum Gasteiger partial charge on any atom is -0.480 e. The Labute approximate surface area is 198 Å². The lowest BCUT2D eigenvalue weighted by Gasteiger charge is -2.70. The maximum absolute atomic E-state index is 12.9. The topological polar surface area (TPSA) is 85.6 Å². The van der Waals surface area contributed by atoms with Gasteiger partial charge in [-0.05, 0) is 61.3 Å². The fourth-order valence-electron chi connectivity index (χ4n) is 5.86. The van der Waals surface area contributed by atoms with Gasteiger partial charge in [-0.3, -0.25) is 14.2 Å². The highest BCUT2D eigenvalue weighted by Gasteiger charge is 2.70.